The molecule has 0 aliphatic carbocycles. The molecule has 0 amide bonds. The summed E-state index contributed by atoms with van der Waals surface area (Å²) in [4.78, 5) is 11.4. The van der Waals surface area contributed by atoms with Crippen molar-refractivity contribution in [2.24, 2.45) is 0 Å². The van der Waals surface area contributed by atoms with Crippen LogP contribution in [-0.4, -0.2) is 22.8 Å². The van der Waals surface area contributed by atoms with Gasteiger partial charge in [-0.2, -0.15) is 0 Å². The van der Waals surface area contributed by atoms with E-state index in [9.17, 15) is 4.79 Å². The molecule has 1 heterocycles. The first-order valence-corrected chi connectivity index (χ1v) is 5.76. The number of aryl methyl sites for hydroxylation is 1. The lowest BCUT2D eigenvalue weighted by Crippen LogP contribution is -2.04. The Bertz CT molecular complexity index is 580. The topological polar surface area (TPSA) is 65.2 Å². The van der Waals surface area contributed by atoms with Crippen molar-refractivity contribution in [1.29, 1.82) is 0 Å². The highest BCUT2D eigenvalue weighted by Gasteiger charge is 2.17. The molecule has 0 bridgehead atoms. The minimum atomic E-state index is -0.629. The summed E-state index contributed by atoms with van der Waals surface area (Å²) in [6.45, 7) is 3.85. The van der Waals surface area contributed by atoms with E-state index in [1.165, 1.54) is 0 Å². The van der Waals surface area contributed by atoms with E-state index in [2.05, 4.69) is 10.2 Å². The van der Waals surface area contributed by atoms with Crippen molar-refractivity contribution in [2.75, 3.05) is 6.61 Å². The molecule has 0 aliphatic heterocycles. The van der Waals surface area contributed by atoms with Crippen LogP contribution >= 0.6 is 11.6 Å². The fourth-order valence-corrected chi connectivity index (χ4v) is 1.60. The highest BCUT2D eigenvalue weighted by Crippen LogP contribution is 2.25. The number of esters is 1. The van der Waals surface area contributed by atoms with Gasteiger partial charge in [0.25, 0.3) is 0 Å². The van der Waals surface area contributed by atoms with Gasteiger partial charge in [0.15, 0.2) is 0 Å². The van der Waals surface area contributed by atoms with Gasteiger partial charge in [-0.15, -0.1) is 10.2 Å². The van der Waals surface area contributed by atoms with Gasteiger partial charge in [0, 0.05) is 10.6 Å². The second-order valence-corrected chi connectivity index (χ2v) is 4.03. The van der Waals surface area contributed by atoms with Gasteiger partial charge in [-0.1, -0.05) is 17.7 Å². The third-order valence-electron chi connectivity index (χ3n) is 2.31. The fraction of sp³-hybridized carbons (Fsp3) is 0.250. The summed E-state index contributed by atoms with van der Waals surface area (Å²) in [5.41, 5.74) is 1.63. The molecule has 18 heavy (non-hydrogen) atoms. The molecule has 0 saturated heterocycles. The average Bonchev–Trinajstić information content (AvgIpc) is 2.82. The molecule has 2 rings (SSSR count). The molecule has 0 spiro atoms. The number of aromatic nitrogens is 2. The van der Waals surface area contributed by atoms with Crippen LogP contribution in [0, 0.1) is 6.92 Å². The Labute approximate surface area is 109 Å². The van der Waals surface area contributed by atoms with Crippen LogP contribution in [-0.2, 0) is 4.74 Å². The summed E-state index contributed by atoms with van der Waals surface area (Å²) in [6, 6.07) is 5.31. The number of carbonyl (C=O) groups excluding carboxylic acids is 1. The molecule has 94 valence electrons. The van der Waals surface area contributed by atoms with E-state index >= 15 is 0 Å². The van der Waals surface area contributed by atoms with Crippen LogP contribution in [0.4, 0.5) is 0 Å². The van der Waals surface area contributed by atoms with Gasteiger partial charge in [0.05, 0.1) is 6.61 Å². The highest BCUT2D eigenvalue weighted by molar-refractivity contribution is 6.30. The third-order valence-corrected chi connectivity index (χ3v) is 2.54. The van der Waals surface area contributed by atoms with Gasteiger partial charge in [-0.25, -0.2) is 4.79 Å². The molecular weight excluding hydrogens is 256 g/mol. The van der Waals surface area contributed by atoms with Gasteiger partial charge >= 0.3 is 11.9 Å². The molecule has 0 radical (unpaired) electrons. The van der Waals surface area contributed by atoms with Crippen molar-refractivity contribution >= 4 is 17.6 Å². The van der Waals surface area contributed by atoms with Crippen LogP contribution in [0.3, 0.4) is 0 Å². The standard InChI is InChI=1S/C12H11ClN2O3/c1-3-17-12(16)11-15-14-10(18-11)9-6-8(13)5-4-7(9)2/h4-6H,3H2,1-2H3. The van der Waals surface area contributed by atoms with Crippen molar-refractivity contribution in [3.8, 4) is 11.5 Å². The second kappa shape index (κ2) is 5.18. The quantitative estimate of drug-likeness (QED) is 0.799. The Hall–Kier alpha value is -1.88. The van der Waals surface area contributed by atoms with Crippen molar-refractivity contribution in [1.82, 2.24) is 10.2 Å². The number of nitrogens with zero attached hydrogens (tertiary/aromatic N) is 2. The molecule has 0 aliphatic rings. The van der Waals surface area contributed by atoms with Gasteiger partial charge in [-0.3, -0.25) is 0 Å². The molecule has 0 atom stereocenters. The fourth-order valence-electron chi connectivity index (χ4n) is 1.43. The molecule has 0 fully saturated rings. The summed E-state index contributed by atoms with van der Waals surface area (Å²) in [5.74, 6) is -0.541. The lowest BCUT2D eigenvalue weighted by molar-refractivity contribution is 0.0481. The van der Waals surface area contributed by atoms with Crippen LogP contribution in [0.5, 0.6) is 0 Å². The number of benzene rings is 1. The van der Waals surface area contributed by atoms with E-state index in [4.69, 9.17) is 20.8 Å². The van der Waals surface area contributed by atoms with Gasteiger partial charge in [-0.05, 0) is 31.5 Å². The largest absolute Gasteiger partial charge is 0.459 e. The number of hydrogen-bond acceptors (Lipinski definition) is 5. The number of carbonyl (C=O) groups is 1. The Balaban J connectivity index is 2.35. The van der Waals surface area contributed by atoms with Gasteiger partial charge < -0.3 is 9.15 Å². The maximum Gasteiger partial charge on any atom is 0.396 e. The Morgan fingerprint density at radius 1 is 1.44 bits per heavy atom. The van der Waals surface area contributed by atoms with Crippen LogP contribution in [0.15, 0.2) is 22.6 Å². The Morgan fingerprint density at radius 2 is 2.22 bits per heavy atom. The average molecular weight is 267 g/mol. The minimum Gasteiger partial charge on any atom is -0.459 e. The number of rotatable bonds is 3. The SMILES string of the molecule is CCOC(=O)c1nnc(-c2cc(Cl)ccc2C)o1. The molecule has 1 aromatic carbocycles. The van der Waals surface area contributed by atoms with Crippen molar-refractivity contribution < 1.29 is 13.9 Å². The van der Waals surface area contributed by atoms with E-state index < -0.39 is 5.97 Å². The van der Waals surface area contributed by atoms with E-state index in [1.807, 2.05) is 13.0 Å². The minimum absolute atomic E-state index is 0.161. The Morgan fingerprint density at radius 3 is 2.94 bits per heavy atom. The summed E-state index contributed by atoms with van der Waals surface area (Å²) in [6.07, 6.45) is 0. The zero-order valence-electron chi connectivity index (χ0n) is 9.94. The second-order valence-electron chi connectivity index (χ2n) is 3.59. The van der Waals surface area contributed by atoms with Gasteiger partial charge in [0.1, 0.15) is 0 Å². The summed E-state index contributed by atoms with van der Waals surface area (Å²) >= 11 is 5.90. The van der Waals surface area contributed by atoms with Gasteiger partial charge in [0.2, 0.25) is 5.89 Å². The normalized spacial score (nSPS) is 10.4. The summed E-state index contributed by atoms with van der Waals surface area (Å²) in [7, 11) is 0. The Kier molecular flexibility index (Phi) is 3.62. The van der Waals surface area contributed by atoms with E-state index in [-0.39, 0.29) is 18.4 Å². The van der Waals surface area contributed by atoms with E-state index in [0.29, 0.717) is 10.6 Å². The number of hydrogen-bond donors (Lipinski definition) is 0. The predicted octanol–water partition coefficient (Wildman–Crippen LogP) is 2.88. The molecule has 6 heteroatoms. The lowest BCUT2D eigenvalue weighted by atomic mass is 10.1. The maximum absolute atomic E-state index is 11.4. The molecular formula is C12H11ClN2O3. The predicted molar refractivity (Wildman–Crippen MR) is 65.4 cm³/mol. The third kappa shape index (κ3) is 2.51. The monoisotopic (exact) mass is 266 g/mol. The smallest absolute Gasteiger partial charge is 0.396 e. The van der Waals surface area contributed by atoms with Crippen molar-refractivity contribution in [3.05, 3.63) is 34.7 Å². The maximum atomic E-state index is 11.4. The summed E-state index contributed by atoms with van der Waals surface area (Å²) < 4.78 is 10.0. The first-order valence-electron chi connectivity index (χ1n) is 5.39. The highest BCUT2D eigenvalue weighted by atomic mass is 35.5. The van der Waals surface area contributed by atoms with E-state index in [0.717, 1.165) is 5.56 Å². The van der Waals surface area contributed by atoms with Crippen LogP contribution in [0.1, 0.15) is 23.2 Å². The molecule has 0 unspecified atom stereocenters. The number of ether oxygens (including phenoxy) is 1. The lowest BCUT2D eigenvalue weighted by Gasteiger charge is -2.00. The zero-order chi connectivity index (χ0) is 13.1. The van der Waals surface area contributed by atoms with Crippen LogP contribution in [0.25, 0.3) is 11.5 Å². The van der Waals surface area contributed by atoms with Crippen LogP contribution in [0.2, 0.25) is 5.02 Å². The molecule has 0 saturated carbocycles. The molecule has 5 nitrogen and oxygen atoms in total. The first-order chi connectivity index (χ1) is 8.61. The van der Waals surface area contributed by atoms with E-state index in [1.54, 1.807) is 19.1 Å². The first kappa shape index (κ1) is 12.6. The molecule has 1 aromatic heterocycles. The van der Waals surface area contributed by atoms with Crippen molar-refractivity contribution in [2.45, 2.75) is 13.8 Å². The van der Waals surface area contributed by atoms with Crippen LogP contribution < -0.4 is 0 Å². The molecule has 0 N–H and O–H groups in total. The summed E-state index contributed by atoms with van der Waals surface area (Å²) in [5, 5.41) is 8.02. The zero-order valence-corrected chi connectivity index (χ0v) is 10.7. The van der Waals surface area contributed by atoms with Crippen molar-refractivity contribution in [3.63, 3.8) is 0 Å². The number of halogens is 1. The molecule has 2 aromatic rings.